The fraction of sp³-hybridized carbons (Fsp3) is 0.182. The Bertz CT molecular complexity index is 1280. The van der Waals surface area contributed by atoms with Gasteiger partial charge in [-0.3, -0.25) is 14.6 Å². The van der Waals surface area contributed by atoms with Gasteiger partial charge in [-0.15, -0.1) is 0 Å². The van der Waals surface area contributed by atoms with Crippen LogP contribution in [0.25, 0.3) is 10.9 Å². The van der Waals surface area contributed by atoms with Crippen LogP contribution in [0.3, 0.4) is 0 Å². The molecular weight excluding hydrogens is 366 g/mol. The van der Waals surface area contributed by atoms with E-state index in [0.29, 0.717) is 13.0 Å². The van der Waals surface area contributed by atoms with Crippen LogP contribution in [-0.2, 0) is 13.5 Å². The summed E-state index contributed by atoms with van der Waals surface area (Å²) in [5.41, 5.74) is 3.34. The molecule has 1 N–H and O–H groups in total. The first-order valence-corrected chi connectivity index (χ1v) is 9.47. The van der Waals surface area contributed by atoms with Crippen LogP contribution in [0.2, 0.25) is 0 Å². The number of carbonyl (C=O) groups is 1. The SMILES string of the molecule is Cn1c(=O)c(C(=O)N2CCc3[nH]cnc3C2c2cccnc2)cc2ccccc21. The Morgan fingerprint density at radius 1 is 1.21 bits per heavy atom. The molecule has 4 heterocycles. The number of nitrogens with zero attached hydrogens (tertiary/aromatic N) is 4. The van der Waals surface area contributed by atoms with Gasteiger partial charge in [0.2, 0.25) is 0 Å². The van der Waals surface area contributed by atoms with Crippen molar-refractivity contribution < 1.29 is 4.79 Å². The zero-order valence-corrected chi connectivity index (χ0v) is 15.9. The van der Waals surface area contributed by atoms with E-state index in [2.05, 4.69) is 15.0 Å². The highest BCUT2D eigenvalue weighted by molar-refractivity contribution is 5.98. The topological polar surface area (TPSA) is 83.9 Å². The quantitative estimate of drug-likeness (QED) is 0.574. The van der Waals surface area contributed by atoms with Crippen LogP contribution in [0, 0.1) is 0 Å². The third kappa shape index (κ3) is 2.74. The van der Waals surface area contributed by atoms with Crippen molar-refractivity contribution in [3.63, 3.8) is 0 Å². The van der Waals surface area contributed by atoms with Gasteiger partial charge in [-0.1, -0.05) is 24.3 Å². The van der Waals surface area contributed by atoms with Crippen molar-refractivity contribution >= 4 is 16.8 Å². The van der Waals surface area contributed by atoms with Gasteiger partial charge in [0.15, 0.2) is 0 Å². The average molecular weight is 385 g/mol. The lowest BCUT2D eigenvalue weighted by molar-refractivity contribution is 0.0688. The summed E-state index contributed by atoms with van der Waals surface area (Å²) in [6.07, 6.45) is 5.75. The summed E-state index contributed by atoms with van der Waals surface area (Å²) in [5.74, 6) is -0.293. The number of aryl methyl sites for hydroxylation is 1. The molecule has 0 bridgehead atoms. The summed E-state index contributed by atoms with van der Waals surface area (Å²) in [6, 6.07) is 12.6. The lowest BCUT2D eigenvalue weighted by Crippen LogP contribution is -2.43. The molecule has 29 heavy (non-hydrogen) atoms. The summed E-state index contributed by atoms with van der Waals surface area (Å²) in [5, 5.41) is 0.855. The van der Waals surface area contributed by atoms with E-state index >= 15 is 0 Å². The van der Waals surface area contributed by atoms with E-state index in [4.69, 9.17) is 0 Å². The van der Waals surface area contributed by atoms with Gasteiger partial charge in [-0.05, 0) is 29.1 Å². The van der Waals surface area contributed by atoms with Crippen molar-refractivity contribution in [1.29, 1.82) is 0 Å². The minimum absolute atomic E-state index is 0.166. The Morgan fingerprint density at radius 3 is 2.90 bits per heavy atom. The maximum Gasteiger partial charge on any atom is 0.263 e. The standard InChI is InChI=1S/C22H19N5O2/c1-26-18-7-3-2-5-14(18)11-16(21(26)28)22(29)27-10-8-17-19(25-13-24-17)20(27)15-6-4-9-23-12-15/h2-7,9,11-13,20H,8,10H2,1H3,(H,24,25). The van der Waals surface area contributed by atoms with Crippen LogP contribution in [0.4, 0.5) is 0 Å². The Kier molecular flexibility index (Phi) is 4.01. The molecule has 5 rings (SSSR count). The van der Waals surface area contributed by atoms with Gasteiger partial charge in [-0.25, -0.2) is 4.98 Å². The molecule has 7 heteroatoms. The largest absolute Gasteiger partial charge is 0.348 e. The predicted molar refractivity (Wildman–Crippen MR) is 109 cm³/mol. The lowest BCUT2D eigenvalue weighted by Gasteiger charge is -2.35. The van der Waals surface area contributed by atoms with Crippen molar-refractivity contribution in [2.45, 2.75) is 12.5 Å². The second kappa shape index (κ2) is 6.70. The number of pyridine rings is 2. The van der Waals surface area contributed by atoms with E-state index in [0.717, 1.165) is 27.9 Å². The summed E-state index contributed by atoms with van der Waals surface area (Å²) < 4.78 is 1.53. The highest BCUT2D eigenvalue weighted by Crippen LogP contribution is 2.33. The van der Waals surface area contributed by atoms with Crippen molar-refractivity contribution in [2.24, 2.45) is 7.05 Å². The molecule has 1 amide bonds. The lowest BCUT2D eigenvalue weighted by atomic mass is 9.96. The van der Waals surface area contributed by atoms with Gasteiger partial charge < -0.3 is 14.5 Å². The van der Waals surface area contributed by atoms with E-state index in [9.17, 15) is 9.59 Å². The number of para-hydroxylation sites is 1. The molecule has 1 aromatic carbocycles. The number of imidazole rings is 1. The first-order valence-electron chi connectivity index (χ1n) is 9.47. The van der Waals surface area contributed by atoms with Crippen LogP contribution in [0.15, 0.2) is 66.0 Å². The summed E-state index contributed by atoms with van der Waals surface area (Å²) in [4.78, 5) is 40.2. The van der Waals surface area contributed by atoms with Crippen LogP contribution in [0.5, 0.6) is 0 Å². The molecule has 1 atom stereocenters. The third-order valence-corrected chi connectivity index (χ3v) is 5.55. The van der Waals surface area contributed by atoms with E-state index in [-0.39, 0.29) is 23.1 Å². The Labute approximate surface area is 166 Å². The molecule has 0 radical (unpaired) electrons. The fourth-order valence-electron chi connectivity index (χ4n) is 4.10. The van der Waals surface area contributed by atoms with Crippen molar-refractivity contribution in [1.82, 2.24) is 24.4 Å². The number of carbonyl (C=O) groups excluding carboxylic acids is 1. The first-order chi connectivity index (χ1) is 14.1. The second-order valence-corrected chi connectivity index (χ2v) is 7.18. The molecule has 0 saturated carbocycles. The monoisotopic (exact) mass is 385 g/mol. The van der Waals surface area contributed by atoms with Gasteiger partial charge in [0.25, 0.3) is 11.5 Å². The highest BCUT2D eigenvalue weighted by atomic mass is 16.2. The van der Waals surface area contributed by atoms with Crippen LogP contribution < -0.4 is 5.56 Å². The molecule has 0 aliphatic carbocycles. The van der Waals surface area contributed by atoms with Gasteiger partial charge in [0.05, 0.1) is 17.5 Å². The van der Waals surface area contributed by atoms with E-state index in [1.165, 1.54) is 4.57 Å². The average Bonchev–Trinajstić information content (AvgIpc) is 3.24. The van der Waals surface area contributed by atoms with Crippen molar-refractivity contribution in [3.05, 3.63) is 94.1 Å². The number of fused-ring (bicyclic) bond motifs is 2. The van der Waals surface area contributed by atoms with Crippen LogP contribution in [0.1, 0.15) is 33.4 Å². The molecular formula is C22H19N5O2. The smallest absolute Gasteiger partial charge is 0.263 e. The molecule has 0 saturated heterocycles. The number of amides is 1. The predicted octanol–water partition coefficient (Wildman–Crippen LogP) is 2.44. The maximum absolute atomic E-state index is 13.6. The molecule has 144 valence electrons. The van der Waals surface area contributed by atoms with E-state index < -0.39 is 0 Å². The summed E-state index contributed by atoms with van der Waals surface area (Å²) in [6.45, 7) is 0.490. The van der Waals surface area contributed by atoms with Crippen LogP contribution in [-0.4, -0.2) is 36.9 Å². The van der Waals surface area contributed by atoms with Gasteiger partial charge in [0, 0.05) is 38.1 Å². The number of benzene rings is 1. The van der Waals surface area contributed by atoms with Crippen molar-refractivity contribution in [3.8, 4) is 0 Å². The molecule has 1 aliphatic heterocycles. The molecule has 3 aromatic heterocycles. The molecule has 4 aromatic rings. The Hall–Kier alpha value is -3.74. The second-order valence-electron chi connectivity index (χ2n) is 7.18. The normalized spacial score (nSPS) is 16.0. The Balaban J connectivity index is 1.65. The molecule has 1 unspecified atom stereocenters. The molecule has 0 spiro atoms. The van der Waals surface area contributed by atoms with Gasteiger partial charge in [-0.2, -0.15) is 0 Å². The Morgan fingerprint density at radius 2 is 2.07 bits per heavy atom. The zero-order valence-electron chi connectivity index (χ0n) is 15.9. The molecule has 7 nitrogen and oxygen atoms in total. The van der Waals surface area contributed by atoms with Gasteiger partial charge in [0.1, 0.15) is 11.6 Å². The number of H-pyrrole nitrogens is 1. The third-order valence-electron chi connectivity index (χ3n) is 5.55. The van der Waals surface area contributed by atoms with E-state index in [1.807, 2.05) is 36.4 Å². The summed E-state index contributed by atoms with van der Waals surface area (Å²) >= 11 is 0. The maximum atomic E-state index is 13.6. The number of rotatable bonds is 2. The highest BCUT2D eigenvalue weighted by Gasteiger charge is 2.35. The minimum atomic E-state index is -0.387. The number of hydrogen-bond acceptors (Lipinski definition) is 4. The number of nitrogens with one attached hydrogen (secondary N) is 1. The molecule has 1 aliphatic rings. The fourth-order valence-corrected chi connectivity index (χ4v) is 4.10. The van der Waals surface area contributed by atoms with Gasteiger partial charge >= 0.3 is 0 Å². The number of aromatic amines is 1. The van der Waals surface area contributed by atoms with Crippen LogP contribution >= 0.6 is 0 Å². The number of hydrogen-bond donors (Lipinski definition) is 1. The first kappa shape index (κ1) is 17.4. The summed E-state index contributed by atoms with van der Waals surface area (Å²) in [7, 11) is 1.70. The zero-order chi connectivity index (χ0) is 20.0. The minimum Gasteiger partial charge on any atom is -0.348 e. The van der Waals surface area contributed by atoms with Crippen molar-refractivity contribution in [2.75, 3.05) is 6.54 Å². The number of aromatic nitrogens is 4. The van der Waals surface area contributed by atoms with E-state index in [1.54, 1.807) is 36.7 Å². The molecule has 0 fully saturated rings.